The first-order valence-electron chi connectivity index (χ1n) is 11.1. The van der Waals surface area contributed by atoms with Crippen LogP contribution in [0.2, 0.25) is 0 Å². The second-order valence-corrected chi connectivity index (χ2v) is 8.32. The molecule has 0 saturated heterocycles. The molecule has 6 heteroatoms. The molecule has 6 nitrogen and oxygen atoms in total. The molecule has 1 heterocycles. The van der Waals surface area contributed by atoms with Crippen molar-refractivity contribution in [3.8, 4) is 11.3 Å². The van der Waals surface area contributed by atoms with Crippen LogP contribution in [0.3, 0.4) is 0 Å². The predicted molar refractivity (Wildman–Crippen MR) is 123 cm³/mol. The monoisotopic (exact) mass is 433 g/mol. The van der Waals surface area contributed by atoms with Gasteiger partial charge >= 0.3 is 5.97 Å². The lowest BCUT2D eigenvalue weighted by atomic mass is 9.89. The maximum atomic E-state index is 12.9. The number of para-hydroxylation sites is 1. The van der Waals surface area contributed by atoms with Gasteiger partial charge in [0.15, 0.2) is 17.6 Å². The fourth-order valence-corrected chi connectivity index (χ4v) is 4.24. The molecule has 1 aliphatic carbocycles. The number of carbonyl (C=O) groups is 2. The lowest BCUT2D eigenvalue weighted by molar-refractivity contribution is -0.124. The van der Waals surface area contributed by atoms with Crippen molar-refractivity contribution in [2.75, 3.05) is 13.2 Å². The highest BCUT2D eigenvalue weighted by Crippen LogP contribution is 2.27. The first-order chi connectivity index (χ1) is 15.5. The van der Waals surface area contributed by atoms with E-state index >= 15 is 0 Å². The van der Waals surface area contributed by atoms with Gasteiger partial charge in [0.1, 0.15) is 11.3 Å². The van der Waals surface area contributed by atoms with Crippen LogP contribution in [-0.4, -0.2) is 25.0 Å². The maximum absolute atomic E-state index is 12.9. The van der Waals surface area contributed by atoms with Gasteiger partial charge in [-0.1, -0.05) is 55.7 Å². The van der Waals surface area contributed by atoms with Crippen LogP contribution < -0.4 is 10.7 Å². The van der Waals surface area contributed by atoms with E-state index in [0.29, 0.717) is 29.2 Å². The van der Waals surface area contributed by atoms with Crippen LogP contribution >= 0.6 is 0 Å². The minimum atomic E-state index is -0.700. The van der Waals surface area contributed by atoms with Crippen LogP contribution in [0, 0.1) is 12.8 Å². The number of amides is 1. The molecular weight excluding hydrogens is 406 g/mol. The number of fused-ring (bicyclic) bond motifs is 1. The third-order valence-electron chi connectivity index (χ3n) is 6.05. The summed E-state index contributed by atoms with van der Waals surface area (Å²) < 4.78 is 11.3. The maximum Gasteiger partial charge on any atom is 0.342 e. The molecule has 4 rings (SSSR count). The molecule has 0 bridgehead atoms. The van der Waals surface area contributed by atoms with E-state index in [2.05, 4.69) is 5.32 Å². The van der Waals surface area contributed by atoms with Gasteiger partial charge < -0.3 is 14.5 Å². The van der Waals surface area contributed by atoms with Gasteiger partial charge in [-0.3, -0.25) is 9.59 Å². The third-order valence-corrected chi connectivity index (χ3v) is 6.05. The van der Waals surface area contributed by atoms with E-state index in [9.17, 15) is 14.4 Å². The largest absolute Gasteiger partial charge is 0.455 e. The first kappa shape index (κ1) is 21.8. The van der Waals surface area contributed by atoms with E-state index in [-0.39, 0.29) is 29.1 Å². The summed E-state index contributed by atoms with van der Waals surface area (Å²) in [4.78, 5) is 37.8. The number of nitrogens with one attached hydrogen (secondary N) is 1. The molecule has 0 aliphatic heterocycles. The SMILES string of the molecule is Cc1c(-c2ccccc2)oc2c(C(=O)OCC(=O)NCC3CCCCC3)cccc2c1=O. The van der Waals surface area contributed by atoms with Gasteiger partial charge in [0.25, 0.3) is 5.91 Å². The Hall–Kier alpha value is -3.41. The predicted octanol–water partition coefficient (Wildman–Crippen LogP) is 4.62. The van der Waals surface area contributed by atoms with Gasteiger partial charge in [-0.25, -0.2) is 4.79 Å². The average molecular weight is 434 g/mol. The van der Waals surface area contributed by atoms with Crippen LogP contribution in [0.15, 0.2) is 57.7 Å². The molecule has 166 valence electrons. The Labute approximate surface area is 186 Å². The molecule has 0 unspecified atom stereocenters. The summed E-state index contributed by atoms with van der Waals surface area (Å²) in [6.45, 7) is 1.94. The highest BCUT2D eigenvalue weighted by atomic mass is 16.5. The quantitative estimate of drug-likeness (QED) is 0.573. The molecule has 0 spiro atoms. The zero-order valence-corrected chi connectivity index (χ0v) is 18.2. The first-order valence-corrected chi connectivity index (χ1v) is 11.1. The van der Waals surface area contributed by atoms with Gasteiger partial charge in [-0.2, -0.15) is 0 Å². The summed E-state index contributed by atoms with van der Waals surface area (Å²) >= 11 is 0. The Morgan fingerprint density at radius 1 is 1.03 bits per heavy atom. The average Bonchev–Trinajstić information content (AvgIpc) is 2.84. The zero-order chi connectivity index (χ0) is 22.5. The number of carbonyl (C=O) groups excluding carboxylic acids is 2. The van der Waals surface area contributed by atoms with Gasteiger partial charge in [0.05, 0.1) is 5.39 Å². The van der Waals surface area contributed by atoms with Crippen LogP contribution in [0.1, 0.15) is 48.0 Å². The molecule has 32 heavy (non-hydrogen) atoms. The molecule has 1 aromatic heterocycles. The number of esters is 1. The summed E-state index contributed by atoms with van der Waals surface area (Å²) in [5, 5.41) is 3.16. The summed E-state index contributed by atoms with van der Waals surface area (Å²) in [6, 6.07) is 14.0. The molecule has 1 amide bonds. The van der Waals surface area contributed by atoms with Crippen molar-refractivity contribution >= 4 is 22.8 Å². The Morgan fingerprint density at radius 2 is 1.78 bits per heavy atom. The van der Waals surface area contributed by atoms with E-state index in [1.165, 1.54) is 25.3 Å². The number of rotatable bonds is 6. The van der Waals surface area contributed by atoms with Crippen LogP contribution in [-0.2, 0) is 9.53 Å². The minimum absolute atomic E-state index is 0.122. The van der Waals surface area contributed by atoms with Crippen molar-refractivity contribution in [1.29, 1.82) is 0 Å². The molecule has 0 atom stereocenters. The van der Waals surface area contributed by atoms with Gasteiger partial charge in [-0.15, -0.1) is 0 Å². The Kier molecular flexibility index (Phi) is 6.69. The van der Waals surface area contributed by atoms with Crippen molar-refractivity contribution in [3.05, 3.63) is 69.9 Å². The lowest BCUT2D eigenvalue weighted by Crippen LogP contribution is -2.33. The van der Waals surface area contributed by atoms with E-state index in [0.717, 1.165) is 18.4 Å². The Morgan fingerprint density at radius 3 is 2.53 bits per heavy atom. The van der Waals surface area contributed by atoms with Gasteiger partial charge in [0.2, 0.25) is 0 Å². The lowest BCUT2D eigenvalue weighted by Gasteiger charge is -2.21. The Bertz CT molecular complexity index is 1180. The van der Waals surface area contributed by atoms with Crippen LogP contribution in [0.4, 0.5) is 0 Å². The molecule has 2 aromatic carbocycles. The van der Waals surface area contributed by atoms with Gasteiger partial charge in [0, 0.05) is 17.7 Å². The summed E-state index contributed by atoms with van der Waals surface area (Å²) in [6.07, 6.45) is 5.91. The third kappa shape index (κ3) is 4.74. The van der Waals surface area contributed by atoms with E-state index in [4.69, 9.17) is 9.15 Å². The van der Waals surface area contributed by atoms with E-state index in [1.54, 1.807) is 19.1 Å². The second-order valence-electron chi connectivity index (χ2n) is 8.32. The van der Waals surface area contributed by atoms with Crippen LogP contribution in [0.5, 0.6) is 0 Å². The molecule has 0 radical (unpaired) electrons. The number of hydrogen-bond acceptors (Lipinski definition) is 5. The van der Waals surface area contributed by atoms with Crippen molar-refractivity contribution in [2.45, 2.75) is 39.0 Å². The smallest absolute Gasteiger partial charge is 0.342 e. The highest BCUT2D eigenvalue weighted by Gasteiger charge is 2.20. The highest BCUT2D eigenvalue weighted by molar-refractivity contribution is 6.02. The molecule has 3 aromatic rings. The summed E-state index contributed by atoms with van der Waals surface area (Å²) in [5.74, 6) is -0.121. The number of benzene rings is 2. The minimum Gasteiger partial charge on any atom is -0.455 e. The fraction of sp³-hybridized carbons (Fsp3) is 0.346. The number of ether oxygens (including phenoxy) is 1. The number of hydrogen-bond donors (Lipinski definition) is 1. The normalized spacial score (nSPS) is 14.3. The summed E-state index contributed by atoms with van der Waals surface area (Å²) in [5.41, 5.74) is 1.29. The standard InChI is InChI=1S/C26H27NO5/c1-17-23(29)20-13-8-14-21(25(20)32-24(17)19-11-6-3-7-12-19)26(30)31-16-22(28)27-15-18-9-4-2-5-10-18/h3,6-8,11-14,18H,2,4-5,9-10,15-16H2,1H3,(H,27,28). The van der Waals surface area contributed by atoms with E-state index in [1.807, 2.05) is 30.3 Å². The second kappa shape index (κ2) is 9.81. The Balaban J connectivity index is 1.52. The van der Waals surface area contributed by atoms with Crippen molar-refractivity contribution in [3.63, 3.8) is 0 Å². The fourth-order valence-electron chi connectivity index (χ4n) is 4.24. The molecule has 1 fully saturated rings. The zero-order valence-electron chi connectivity index (χ0n) is 18.2. The molecular formula is C26H27NO5. The van der Waals surface area contributed by atoms with E-state index < -0.39 is 5.97 Å². The van der Waals surface area contributed by atoms with Gasteiger partial charge in [-0.05, 0) is 37.8 Å². The molecule has 1 aliphatic rings. The van der Waals surface area contributed by atoms with Crippen LogP contribution in [0.25, 0.3) is 22.3 Å². The van der Waals surface area contributed by atoms with Crippen molar-refractivity contribution < 1.29 is 18.7 Å². The molecule has 1 saturated carbocycles. The van der Waals surface area contributed by atoms with Crippen molar-refractivity contribution in [1.82, 2.24) is 5.32 Å². The summed E-state index contributed by atoms with van der Waals surface area (Å²) in [7, 11) is 0. The topological polar surface area (TPSA) is 85.6 Å². The van der Waals surface area contributed by atoms with Crippen molar-refractivity contribution in [2.24, 2.45) is 5.92 Å². The molecule has 1 N–H and O–H groups in total.